The van der Waals surface area contributed by atoms with Crippen LogP contribution in [0, 0.1) is 0 Å². The fraction of sp³-hybridized carbons (Fsp3) is 0.364. The summed E-state index contributed by atoms with van der Waals surface area (Å²) in [5.41, 5.74) is 0.870. The number of hydrogen-bond acceptors (Lipinski definition) is 3. The van der Waals surface area contributed by atoms with E-state index in [9.17, 15) is 4.79 Å². The third-order valence-electron chi connectivity index (χ3n) is 2.72. The maximum absolute atomic E-state index is 10.5. The van der Waals surface area contributed by atoms with Gasteiger partial charge in [-0.1, -0.05) is 11.6 Å². The van der Waals surface area contributed by atoms with E-state index >= 15 is 0 Å². The average Bonchev–Trinajstić information content (AvgIpc) is 2.64. The van der Waals surface area contributed by atoms with E-state index in [0.29, 0.717) is 22.7 Å². The number of nitrogens with one attached hydrogen (secondary N) is 1. The minimum atomic E-state index is -1.02. The minimum Gasteiger partial charge on any atom is -0.465 e. The summed E-state index contributed by atoms with van der Waals surface area (Å²) in [6.45, 7) is 2.40. The lowest BCUT2D eigenvalue weighted by molar-refractivity contribution is 0.189. The van der Waals surface area contributed by atoms with Crippen LogP contribution < -0.4 is 5.32 Å². The molecule has 6 nitrogen and oxygen atoms in total. The number of fused-ring (bicyclic) bond motifs is 1. The first kappa shape index (κ1) is 14.1. The van der Waals surface area contributed by atoms with Crippen LogP contribution in [-0.2, 0) is 6.54 Å². The van der Waals surface area contributed by atoms with E-state index in [4.69, 9.17) is 16.7 Å². The normalized spacial score (nSPS) is 12.6. The predicted molar refractivity (Wildman–Crippen MR) is 75.5 cm³/mol. The van der Waals surface area contributed by atoms with Gasteiger partial charge in [-0.15, -0.1) is 0 Å². The molecule has 102 valence electrons. The molecular weight excluding hydrogens is 336 g/mol. The summed E-state index contributed by atoms with van der Waals surface area (Å²) in [5.74, 6) is 0. The Labute approximate surface area is 122 Å². The molecule has 19 heavy (non-hydrogen) atoms. The van der Waals surface area contributed by atoms with E-state index in [1.165, 1.54) is 0 Å². The molecule has 0 aromatic carbocycles. The lowest BCUT2D eigenvalue weighted by Gasteiger charge is -2.11. The number of hydrogen-bond donors (Lipinski definition) is 2. The van der Waals surface area contributed by atoms with Gasteiger partial charge in [0.05, 0.1) is 10.9 Å². The van der Waals surface area contributed by atoms with Crippen molar-refractivity contribution >= 4 is 44.5 Å². The molecule has 8 heteroatoms. The second-order valence-corrected chi connectivity index (χ2v) is 5.26. The van der Waals surface area contributed by atoms with Crippen LogP contribution in [0.2, 0.25) is 5.15 Å². The number of amides is 1. The molecule has 2 heterocycles. The van der Waals surface area contributed by atoms with Crippen molar-refractivity contribution in [2.24, 2.45) is 0 Å². The van der Waals surface area contributed by atoms with Crippen molar-refractivity contribution in [2.75, 3.05) is 0 Å². The van der Waals surface area contributed by atoms with Crippen molar-refractivity contribution < 1.29 is 9.90 Å². The lowest BCUT2D eigenvalue weighted by atomic mass is 10.2. The van der Waals surface area contributed by atoms with E-state index in [2.05, 4.69) is 31.3 Å². The highest BCUT2D eigenvalue weighted by molar-refractivity contribution is 9.10. The average molecular weight is 348 g/mol. The third kappa shape index (κ3) is 3.16. The molecule has 0 aliphatic rings. The van der Waals surface area contributed by atoms with Crippen LogP contribution in [0.1, 0.15) is 13.3 Å². The fourth-order valence-electron chi connectivity index (χ4n) is 1.81. The van der Waals surface area contributed by atoms with Gasteiger partial charge in [-0.05, 0) is 35.3 Å². The van der Waals surface area contributed by atoms with Crippen LogP contribution in [0.15, 0.2) is 16.9 Å². The molecule has 2 aromatic heterocycles. The van der Waals surface area contributed by atoms with Gasteiger partial charge in [0.2, 0.25) is 0 Å². The summed E-state index contributed by atoms with van der Waals surface area (Å²) < 4.78 is 2.42. The van der Waals surface area contributed by atoms with Gasteiger partial charge < -0.3 is 10.4 Å². The second-order valence-electron chi connectivity index (χ2n) is 4.15. The SMILES string of the molecule is C[C@H](CCn1nc(Br)c2c(Cl)nccc21)NC(=O)O. The van der Waals surface area contributed by atoms with Crippen molar-refractivity contribution in [1.82, 2.24) is 20.1 Å². The molecule has 0 bridgehead atoms. The Morgan fingerprint density at radius 2 is 2.42 bits per heavy atom. The number of carboxylic acid groups (broad SMARTS) is 1. The van der Waals surface area contributed by atoms with Crippen LogP contribution in [0.3, 0.4) is 0 Å². The lowest BCUT2D eigenvalue weighted by Crippen LogP contribution is -2.31. The van der Waals surface area contributed by atoms with Crippen LogP contribution >= 0.6 is 27.5 Å². The molecule has 2 aromatic rings. The summed E-state index contributed by atoms with van der Waals surface area (Å²) in [5, 5.41) is 16.5. The first-order valence-corrected chi connectivity index (χ1v) is 6.82. The number of aryl methyl sites for hydroxylation is 1. The Kier molecular flexibility index (Phi) is 4.26. The van der Waals surface area contributed by atoms with E-state index in [1.807, 2.05) is 13.0 Å². The molecule has 0 saturated heterocycles. The molecule has 1 atom stereocenters. The highest BCUT2D eigenvalue weighted by atomic mass is 79.9. The number of nitrogens with zero attached hydrogens (tertiary/aromatic N) is 3. The predicted octanol–water partition coefficient (Wildman–Crippen LogP) is 2.89. The topological polar surface area (TPSA) is 80.0 Å². The first-order valence-electron chi connectivity index (χ1n) is 5.65. The van der Waals surface area contributed by atoms with Gasteiger partial charge in [-0.25, -0.2) is 9.78 Å². The summed E-state index contributed by atoms with van der Waals surface area (Å²) >= 11 is 9.37. The van der Waals surface area contributed by atoms with E-state index in [-0.39, 0.29) is 6.04 Å². The molecule has 1 amide bonds. The van der Waals surface area contributed by atoms with Gasteiger partial charge in [0.1, 0.15) is 9.76 Å². The number of aromatic nitrogens is 3. The Bertz CT molecular complexity index is 616. The van der Waals surface area contributed by atoms with Gasteiger partial charge >= 0.3 is 6.09 Å². The van der Waals surface area contributed by atoms with E-state index in [0.717, 1.165) is 10.9 Å². The van der Waals surface area contributed by atoms with Crippen LogP contribution in [0.25, 0.3) is 10.9 Å². The molecule has 0 fully saturated rings. The van der Waals surface area contributed by atoms with Crippen molar-refractivity contribution in [3.63, 3.8) is 0 Å². The molecule has 0 unspecified atom stereocenters. The molecule has 0 aliphatic carbocycles. The Morgan fingerprint density at radius 3 is 3.11 bits per heavy atom. The van der Waals surface area contributed by atoms with Gasteiger partial charge in [0.25, 0.3) is 0 Å². The fourth-order valence-corrected chi connectivity index (χ4v) is 2.75. The standard InChI is InChI=1S/C11H12BrClN4O2/c1-6(15-11(18)19)3-5-17-7-2-4-14-10(13)8(7)9(12)16-17/h2,4,6,15H,3,5H2,1H3,(H,18,19)/t6-/m1/s1. The second kappa shape index (κ2) is 5.75. The molecule has 2 rings (SSSR count). The Morgan fingerprint density at radius 1 is 1.68 bits per heavy atom. The van der Waals surface area contributed by atoms with Crippen molar-refractivity contribution in [1.29, 1.82) is 0 Å². The molecule has 0 radical (unpaired) electrons. The smallest absolute Gasteiger partial charge is 0.404 e. The Hall–Kier alpha value is -1.34. The Balaban J connectivity index is 2.18. The van der Waals surface area contributed by atoms with Gasteiger partial charge in [0, 0.05) is 18.8 Å². The van der Waals surface area contributed by atoms with Crippen molar-refractivity contribution in [2.45, 2.75) is 25.9 Å². The highest BCUT2D eigenvalue weighted by Crippen LogP contribution is 2.28. The minimum absolute atomic E-state index is 0.146. The van der Waals surface area contributed by atoms with Crippen molar-refractivity contribution in [3.8, 4) is 0 Å². The zero-order valence-electron chi connectivity index (χ0n) is 10.1. The number of halogens is 2. The molecule has 0 spiro atoms. The van der Waals surface area contributed by atoms with Crippen LogP contribution in [0.4, 0.5) is 4.79 Å². The monoisotopic (exact) mass is 346 g/mol. The van der Waals surface area contributed by atoms with E-state index < -0.39 is 6.09 Å². The first-order chi connectivity index (χ1) is 8.99. The number of carbonyl (C=O) groups is 1. The summed E-state index contributed by atoms with van der Waals surface area (Å²) in [6.07, 6.45) is 1.23. The van der Waals surface area contributed by atoms with Gasteiger partial charge in [0.15, 0.2) is 0 Å². The largest absolute Gasteiger partial charge is 0.465 e. The van der Waals surface area contributed by atoms with Gasteiger partial charge in [-0.2, -0.15) is 5.10 Å². The molecule has 2 N–H and O–H groups in total. The van der Waals surface area contributed by atoms with Gasteiger partial charge in [-0.3, -0.25) is 4.68 Å². The summed E-state index contributed by atoms with van der Waals surface area (Å²) in [6, 6.07) is 1.68. The quantitative estimate of drug-likeness (QED) is 0.833. The maximum atomic E-state index is 10.5. The summed E-state index contributed by atoms with van der Waals surface area (Å²) in [4.78, 5) is 14.5. The zero-order valence-corrected chi connectivity index (χ0v) is 12.4. The summed E-state index contributed by atoms with van der Waals surface area (Å²) in [7, 11) is 0. The molecule has 0 saturated carbocycles. The van der Waals surface area contributed by atoms with E-state index in [1.54, 1.807) is 10.9 Å². The van der Waals surface area contributed by atoms with Crippen molar-refractivity contribution in [3.05, 3.63) is 22.0 Å². The number of pyridine rings is 1. The molecule has 0 aliphatic heterocycles. The van der Waals surface area contributed by atoms with Crippen LogP contribution in [-0.4, -0.2) is 32.0 Å². The number of rotatable bonds is 4. The maximum Gasteiger partial charge on any atom is 0.404 e. The zero-order chi connectivity index (χ0) is 14.0. The molecular formula is C11H12BrClN4O2. The third-order valence-corrected chi connectivity index (χ3v) is 3.56. The van der Waals surface area contributed by atoms with Crippen LogP contribution in [0.5, 0.6) is 0 Å². The highest BCUT2D eigenvalue weighted by Gasteiger charge is 2.13.